The number of halogens is 4. The lowest BCUT2D eigenvalue weighted by molar-refractivity contribution is -0.155. The molecule has 0 aromatic heterocycles. The zero-order valence-electron chi connectivity index (χ0n) is 13.8. The van der Waals surface area contributed by atoms with Crippen LogP contribution >= 0.6 is 0 Å². The maximum Gasteiger partial charge on any atom is 0.340 e. The molecular formula is C18H16F4O4. The van der Waals surface area contributed by atoms with Gasteiger partial charge >= 0.3 is 18.3 Å². The molecule has 4 nitrogen and oxygen atoms in total. The normalized spacial score (nSPS) is 11.3. The zero-order valence-corrected chi connectivity index (χ0v) is 13.8. The molecule has 0 saturated heterocycles. The van der Waals surface area contributed by atoms with E-state index in [0.717, 1.165) is 0 Å². The second kappa shape index (κ2) is 8.55. The molecule has 0 N–H and O–H groups in total. The molecule has 0 amide bonds. The van der Waals surface area contributed by atoms with Gasteiger partial charge in [-0.05, 0) is 29.8 Å². The van der Waals surface area contributed by atoms with Crippen LogP contribution in [0.1, 0.15) is 15.9 Å². The summed E-state index contributed by atoms with van der Waals surface area (Å²) in [6, 6.07) is 12.8. The predicted molar refractivity (Wildman–Crippen MR) is 85.0 cm³/mol. The van der Waals surface area contributed by atoms with E-state index in [4.69, 9.17) is 9.47 Å². The van der Waals surface area contributed by atoms with Crippen molar-refractivity contribution in [1.29, 1.82) is 0 Å². The molecule has 0 atom stereocenters. The number of alkyl halides is 4. The molecule has 0 radical (unpaired) electrons. The lowest BCUT2D eigenvalue weighted by Gasteiger charge is -2.15. The molecule has 0 heterocycles. The van der Waals surface area contributed by atoms with Gasteiger partial charge in [0.25, 0.3) is 0 Å². The van der Waals surface area contributed by atoms with Gasteiger partial charge in [0.1, 0.15) is 6.61 Å². The Morgan fingerprint density at radius 1 is 1.04 bits per heavy atom. The summed E-state index contributed by atoms with van der Waals surface area (Å²) in [5.41, 5.74) is 0.668. The van der Waals surface area contributed by atoms with Crippen LogP contribution in [0.4, 0.5) is 17.6 Å². The summed E-state index contributed by atoms with van der Waals surface area (Å²) >= 11 is 0. The van der Waals surface area contributed by atoms with Crippen LogP contribution in [0.2, 0.25) is 0 Å². The maximum atomic E-state index is 12.8. The Hall–Kier alpha value is -2.77. The molecule has 0 fully saturated rings. The molecule has 2 aromatic carbocycles. The first-order valence-corrected chi connectivity index (χ1v) is 7.51. The Balaban J connectivity index is 1.92. The fraction of sp³-hybridized carbons (Fsp3) is 0.278. The lowest BCUT2D eigenvalue weighted by Crippen LogP contribution is -2.33. The fourth-order valence-electron chi connectivity index (χ4n) is 1.94. The average Bonchev–Trinajstić information content (AvgIpc) is 2.65. The van der Waals surface area contributed by atoms with Crippen molar-refractivity contribution >= 4 is 5.97 Å². The highest BCUT2D eigenvalue weighted by Gasteiger charge is 2.42. The van der Waals surface area contributed by atoms with Crippen LogP contribution in [0.3, 0.4) is 0 Å². The van der Waals surface area contributed by atoms with E-state index in [0.29, 0.717) is 17.1 Å². The van der Waals surface area contributed by atoms with Crippen LogP contribution in [-0.4, -0.2) is 32.0 Å². The lowest BCUT2D eigenvalue weighted by atomic mass is 10.1. The van der Waals surface area contributed by atoms with E-state index in [9.17, 15) is 22.4 Å². The molecular weight excluding hydrogens is 356 g/mol. The third kappa shape index (κ3) is 5.11. The number of rotatable bonds is 8. The molecule has 0 bridgehead atoms. The Bertz CT molecular complexity index is 732. The van der Waals surface area contributed by atoms with Crippen LogP contribution in [0, 0.1) is 0 Å². The Kier molecular flexibility index (Phi) is 6.43. The quantitative estimate of drug-likeness (QED) is 0.511. The maximum absolute atomic E-state index is 12.8. The summed E-state index contributed by atoms with van der Waals surface area (Å²) in [7, 11) is 1.51. The number of methoxy groups -OCH3 is 1. The molecule has 0 saturated carbocycles. The fourth-order valence-corrected chi connectivity index (χ4v) is 1.94. The zero-order chi connectivity index (χ0) is 19.2. The number of ether oxygens (including phenoxy) is 3. The SMILES string of the molecule is COc1ccccc1OCc1ccc(C(=O)OCC(F)(F)C(F)F)cc1. The molecule has 8 heteroatoms. The summed E-state index contributed by atoms with van der Waals surface area (Å²) in [6.45, 7) is -1.50. The van der Waals surface area contributed by atoms with Gasteiger partial charge < -0.3 is 14.2 Å². The van der Waals surface area contributed by atoms with E-state index in [2.05, 4.69) is 4.74 Å². The number of hydrogen-bond acceptors (Lipinski definition) is 4. The first-order chi connectivity index (χ1) is 12.3. The van der Waals surface area contributed by atoms with Crippen molar-refractivity contribution in [3.8, 4) is 11.5 Å². The van der Waals surface area contributed by atoms with Gasteiger partial charge in [0.05, 0.1) is 12.7 Å². The van der Waals surface area contributed by atoms with Crippen molar-refractivity contribution in [2.75, 3.05) is 13.7 Å². The monoisotopic (exact) mass is 372 g/mol. The highest BCUT2D eigenvalue weighted by atomic mass is 19.3. The molecule has 140 valence electrons. The first-order valence-electron chi connectivity index (χ1n) is 7.51. The largest absolute Gasteiger partial charge is 0.493 e. The van der Waals surface area contributed by atoms with E-state index in [1.807, 2.05) is 0 Å². The molecule has 0 aliphatic rings. The third-order valence-corrected chi connectivity index (χ3v) is 3.37. The van der Waals surface area contributed by atoms with Crippen molar-refractivity contribution in [1.82, 2.24) is 0 Å². The number of para-hydroxylation sites is 2. The average molecular weight is 372 g/mol. The minimum absolute atomic E-state index is 0.0314. The van der Waals surface area contributed by atoms with Gasteiger partial charge in [-0.1, -0.05) is 24.3 Å². The number of carbonyl (C=O) groups excluding carboxylic acids is 1. The third-order valence-electron chi connectivity index (χ3n) is 3.37. The molecule has 2 aromatic rings. The van der Waals surface area contributed by atoms with Crippen molar-refractivity contribution in [3.05, 3.63) is 59.7 Å². The van der Waals surface area contributed by atoms with E-state index < -0.39 is 24.9 Å². The van der Waals surface area contributed by atoms with E-state index in [1.165, 1.54) is 31.4 Å². The summed E-state index contributed by atoms with van der Waals surface area (Å²) in [5.74, 6) is -4.39. The molecule has 26 heavy (non-hydrogen) atoms. The van der Waals surface area contributed by atoms with E-state index in [1.54, 1.807) is 24.3 Å². The molecule has 2 rings (SSSR count). The summed E-state index contributed by atoms with van der Waals surface area (Å²) < 4.78 is 64.6. The van der Waals surface area contributed by atoms with Gasteiger partial charge in [0, 0.05) is 0 Å². The number of esters is 1. The summed E-state index contributed by atoms with van der Waals surface area (Å²) in [6.07, 6.45) is -3.90. The van der Waals surface area contributed by atoms with E-state index >= 15 is 0 Å². The standard InChI is InChI=1S/C18H16F4O4/c1-24-14-4-2-3-5-15(14)25-10-12-6-8-13(9-7-12)16(23)26-11-18(21,22)17(19)20/h2-9,17H,10-11H2,1H3. The Labute approximate surface area is 147 Å². The Morgan fingerprint density at radius 2 is 1.65 bits per heavy atom. The van der Waals surface area contributed by atoms with Crippen LogP contribution in [0.15, 0.2) is 48.5 Å². The van der Waals surface area contributed by atoms with Gasteiger partial charge in [0.15, 0.2) is 18.1 Å². The smallest absolute Gasteiger partial charge is 0.340 e. The summed E-state index contributed by atoms with van der Waals surface area (Å²) in [5, 5.41) is 0. The molecule has 0 unspecified atom stereocenters. The molecule has 0 aliphatic heterocycles. The second-order valence-corrected chi connectivity index (χ2v) is 5.27. The second-order valence-electron chi connectivity index (χ2n) is 5.27. The molecule has 0 spiro atoms. The number of carbonyl (C=O) groups is 1. The van der Waals surface area contributed by atoms with Gasteiger partial charge in [-0.3, -0.25) is 0 Å². The van der Waals surface area contributed by atoms with Gasteiger partial charge in [-0.2, -0.15) is 8.78 Å². The van der Waals surface area contributed by atoms with Crippen LogP contribution < -0.4 is 9.47 Å². The van der Waals surface area contributed by atoms with Crippen LogP contribution in [0.5, 0.6) is 11.5 Å². The van der Waals surface area contributed by atoms with Crippen molar-refractivity contribution < 1.29 is 36.6 Å². The topological polar surface area (TPSA) is 44.8 Å². The predicted octanol–water partition coefficient (Wildman–Crippen LogP) is 4.33. The Morgan fingerprint density at radius 3 is 2.23 bits per heavy atom. The minimum Gasteiger partial charge on any atom is -0.493 e. The van der Waals surface area contributed by atoms with Gasteiger partial charge in [-0.15, -0.1) is 0 Å². The number of benzene rings is 2. The highest BCUT2D eigenvalue weighted by Crippen LogP contribution is 2.27. The molecule has 0 aliphatic carbocycles. The summed E-state index contributed by atoms with van der Waals surface area (Å²) in [4.78, 5) is 11.6. The van der Waals surface area contributed by atoms with Crippen molar-refractivity contribution in [3.63, 3.8) is 0 Å². The van der Waals surface area contributed by atoms with Crippen molar-refractivity contribution in [2.45, 2.75) is 19.0 Å². The van der Waals surface area contributed by atoms with Crippen molar-refractivity contribution in [2.24, 2.45) is 0 Å². The first kappa shape index (κ1) is 19.6. The van der Waals surface area contributed by atoms with Gasteiger partial charge in [0.2, 0.25) is 0 Å². The van der Waals surface area contributed by atoms with Crippen LogP contribution in [0.25, 0.3) is 0 Å². The number of hydrogen-bond donors (Lipinski definition) is 0. The van der Waals surface area contributed by atoms with Gasteiger partial charge in [-0.25, -0.2) is 13.6 Å². The van der Waals surface area contributed by atoms with E-state index in [-0.39, 0.29) is 12.2 Å². The minimum atomic E-state index is -4.38. The van der Waals surface area contributed by atoms with Crippen LogP contribution in [-0.2, 0) is 11.3 Å². The highest BCUT2D eigenvalue weighted by molar-refractivity contribution is 5.89.